The van der Waals surface area contributed by atoms with Crippen LogP contribution in [0.5, 0.6) is 0 Å². The van der Waals surface area contributed by atoms with Crippen molar-refractivity contribution in [2.75, 3.05) is 13.1 Å². The summed E-state index contributed by atoms with van der Waals surface area (Å²) in [7, 11) is 0. The van der Waals surface area contributed by atoms with E-state index < -0.39 is 0 Å². The zero-order valence-electron chi connectivity index (χ0n) is 14.2. The van der Waals surface area contributed by atoms with Gasteiger partial charge < -0.3 is 5.32 Å². The van der Waals surface area contributed by atoms with Crippen molar-refractivity contribution in [3.8, 4) is 0 Å². The van der Waals surface area contributed by atoms with Gasteiger partial charge in [0.1, 0.15) is 0 Å². The average molecular weight is 288 g/mol. The number of rotatable bonds is 6. The van der Waals surface area contributed by atoms with E-state index in [1.807, 2.05) is 0 Å². The van der Waals surface area contributed by atoms with Gasteiger partial charge in [0.05, 0.1) is 5.54 Å². The SMILES string of the molecule is CCCC1CN(C(C)CCC)C(C)(c2ccccc2)CN1. The molecule has 1 aliphatic rings. The van der Waals surface area contributed by atoms with Crippen molar-refractivity contribution in [2.24, 2.45) is 0 Å². The molecule has 2 heteroatoms. The van der Waals surface area contributed by atoms with Gasteiger partial charge in [-0.25, -0.2) is 0 Å². The van der Waals surface area contributed by atoms with Crippen molar-refractivity contribution in [1.29, 1.82) is 0 Å². The Bertz CT molecular complexity index is 417. The summed E-state index contributed by atoms with van der Waals surface area (Å²) in [5.41, 5.74) is 1.55. The molecular formula is C19H32N2. The van der Waals surface area contributed by atoms with Crippen LogP contribution in [0.1, 0.15) is 58.9 Å². The number of benzene rings is 1. The van der Waals surface area contributed by atoms with Gasteiger partial charge in [-0.2, -0.15) is 0 Å². The molecule has 0 bridgehead atoms. The zero-order chi connectivity index (χ0) is 15.3. The quantitative estimate of drug-likeness (QED) is 0.845. The highest BCUT2D eigenvalue weighted by molar-refractivity contribution is 5.25. The van der Waals surface area contributed by atoms with Gasteiger partial charge in [0.15, 0.2) is 0 Å². The molecule has 2 rings (SSSR count). The fraction of sp³-hybridized carbons (Fsp3) is 0.684. The first kappa shape index (κ1) is 16.5. The Morgan fingerprint density at radius 2 is 1.95 bits per heavy atom. The molecule has 1 fully saturated rings. The summed E-state index contributed by atoms with van der Waals surface area (Å²) in [5.74, 6) is 0. The Labute approximate surface area is 130 Å². The third-order valence-electron chi connectivity index (χ3n) is 5.06. The third kappa shape index (κ3) is 3.67. The van der Waals surface area contributed by atoms with Crippen LogP contribution in [0, 0.1) is 0 Å². The second-order valence-electron chi connectivity index (χ2n) is 6.80. The summed E-state index contributed by atoms with van der Waals surface area (Å²) >= 11 is 0. The lowest BCUT2D eigenvalue weighted by Crippen LogP contribution is -2.63. The minimum atomic E-state index is 0.111. The van der Waals surface area contributed by atoms with Crippen molar-refractivity contribution in [2.45, 2.75) is 71.0 Å². The Kier molecular flexibility index (Phi) is 5.83. The molecule has 1 aromatic carbocycles. The smallest absolute Gasteiger partial charge is 0.0560 e. The van der Waals surface area contributed by atoms with E-state index in [1.54, 1.807) is 0 Å². The van der Waals surface area contributed by atoms with Crippen LogP contribution in [0.2, 0.25) is 0 Å². The molecule has 0 spiro atoms. The molecule has 1 N–H and O–H groups in total. The Hall–Kier alpha value is -0.860. The molecule has 0 amide bonds. The van der Waals surface area contributed by atoms with Crippen LogP contribution in [0.25, 0.3) is 0 Å². The molecule has 0 aliphatic carbocycles. The molecule has 1 aliphatic heterocycles. The normalized spacial score (nSPS) is 28.5. The van der Waals surface area contributed by atoms with Crippen LogP contribution < -0.4 is 5.32 Å². The van der Waals surface area contributed by atoms with Crippen LogP contribution in [-0.4, -0.2) is 30.1 Å². The van der Waals surface area contributed by atoms with Crippen molar-refractivity contribution < 1.29 is 0 Å². The lowest BCUT2D eigenvalue weighted by molar-refractivity contribution is 0.0110. The van der Waals surface area contributed by atoms with Crippen molar-refractivity contribution in [1.82, 2.24) is 10.2 Å². The molecule has 0 radical (unpaired) electrons. The van der Waals surface area contributed by atoms with Crippen molar-refractivity contribution in [3.63, 3.8) is 0 Å². The van der Waals surface area contributed by atoms with E-state index in [9.17, 15) is 0 Å². The number of hydrogen-bond acceptors (Lipinski definition) is 2. The molecular weight excluding hydrogens is 256 g/mol. The summed E-state index contributed by atoms with van der Waals surface area (Å²) in [4.78, 5) is 2.75. The maximum absolute atomic E-state index is 3.79. The fourth-order valence-electron chi connectivity index (χ4n) is 3.79. The first-order valence-electron chi connectivity index (χ1n) is 8.67. The predicted molar refractivity (Wildman–Crippen MR) is 91.6 cm³/mol. The van der Waals surface area contributed by atoms with E-state index in [-0.39, 0.29) is 5.54 Å². The van der Waals surface area contributed by atoms with Crippen LogP contribution in [0.15, 0.2) is 30.3 Å². The summed E-state index contributed by atoms with van der Waals surface area (Å²) in [5, 5.41) is 3.79. The van der Waals surface area contributed by atoms with E-state index in [0.29, 0.717) is 12.1 Å². The van der Waals surface area contributed by atoms with Gasteiger partial charge in [-0.3, -0.25) is 4.90 Å². The zero-order valence-corrected chi connectivity index (χ0v) is 14.2. The van der Waals surface area contributed by atoms with Gasteiger partial charge in [0, 0.05) is 25.2 Å². The highest BCUT2D eigenvalue weighted by atomic mass is 15.3. The lowest BCUT2D eigenvalue weighted by Gasteiger charge is -2.51. The molecule has 21 heavy (non-hydrogen) atoms. The van der Waals surface area contributed by atoms with Crippen LogP contribution in [-0.2, 0) is 5.54 Å². The van der Waals surface area contributed by atoms with Crippen molar-refractivity contribution >= 4 is 0 Å². The molecule has 118 valence electrons. The van der Waals surface area contributed by atoms with Crippen molar-refractivity contribution in [3.05, 3.63) is 35.9 Å². The molecule has 1 aromatic rings. The molecule has 1 heterocycles. The molecule has 1 saturated heterocycles. The first-order valence-corrected chi connectivity index (χ1v) is 8.67. The van der Waals surface area contributed by atoms with Crippen LogP contribution in [0.4, 0.5) is 0 Å². The van der Waals surface area contributed by atoms with E-state index in [4.69, 9.17) is 0 Å². The molecule has 0 saturated carbocycles. The van der Waals surface area contributed by atoms with Gasteiger partial charge in [-0.1, -0.05) is 57.0 Å². The summed E-state index contributed by atoms with van der Waals surface area (Å²) in [6.45, 7) is 11.6. The minimum absolute atomic E-state index is 0.111. The van der Waals surface area contributed by atoms with E-state index in [1.165, 1.54) is 37.8 Å². The molecule has 0 aromatic heterocycles. The standard InChI is InChI=1S/C19H32N2/c1-5-10-16(3)21-14-18(11-6-2)20-15-19(21,4)17-12-8-7-9-13-17/h7-9,12-13,16,18,20H,5-6,10-11,14-15H2,1-4H3. The fourth-order valence-corrected chi connectivity index (χ4v) is 3.79. The third-order valence-corrected chi connectivity index (χ3v) is 5.06. The van der Waals surface area contributed by atoms with E-state index in [0.717, 1.165) is 6.54 Å². The lowest BCUT2D eigenvalue weighted by atomic mass is 9.84. The van der Waals surface area contributed by atoms with Gasteiger partial charge in [-0.15, -0.1) is 0 Å². The Balaban J connectivity index is 2.25. The molecule has 3 unspecified atom stereocenters. The number of hydrogen-bond donors (Lipinski definition) is 1. The highest BCUT2D eigenvalue weighted by Crippen LogP contribution is 2.34. The number of nitrogens with one attached hydrogen (secondary N) is 1. The Morgan fingerprint density at radius 1 is 1.24 bits per heavy atom. The maximum Gasteiger partial charge on any atom is 0.0560 e. The second-order valence-corrected chi connectivity index (χ2v) is 6.80. The highest BCUT2D eigenvalue weighted by Gasteiger charge is 2.40. The van der Waals surface area contributed by atoms with Gasteiger partial charge in [0.25, 0.3) is 0 Å². The van der Waals surface area contributed by atoms with E-state index >= 15 is 0 Å². The second kappa shape index (κ2) is 7.42. The van der Waals surface area contributed by atoms with Crippen LogP contribution >= 0.6 is 0 Å². The van der Waals surface area contributed by atoms with Gasteiger partial charge in [0.2, 0.25) is 0 Å². The topological polar surface area (TPSA) is 15.3 Å². The molecule has 3 atom stereocenters. The summed E-state index contributed by atoms with van der Waals surface area (Å²) in [6.07, 6.45) is 5.08. The van der Waals surface area contributed by atoms with Crippen LogP contribution in [0.3, 0.4) is 0 Å². The summed E-state index contributed by atoms with van der Waals surface area (Å²) in [6, 6.07) is 12.3. The minimum Gasteiger partial charge on any atom is -0.311 e. The largest absolute Gasteiger partial charge is 0.311 e. The van der Waals surface area contributed by atoms with Gasteiger partial charge in [-0.05, 0) is 32.3 Å². The number of piperazine rings is 1. The monoisotopic (exact) mass is 288 g/mol. The average Bonchev–Trinajstić information content (AvgIpc) is 2.50. The summed E-state index contributed by atoms with van der Waals surface area (Å²) < 4.78 is 0. The molecule has 2 nitrogen and oxygen atoms in total. The Morgan fingerprint density at radius 3 is 2.57 bits per heavy atom. The van der Waals surface area contributed by atoms with E-state index in [2.05, 4.69) is 68.2 Å². The first-order chi connectivity index (χ1) is 10.1. The predicted octanol–water partition coefficient (Wildman–Crippen LogP) is 4.16. The van der Waals surface area contributed by atoms with Gasteiger partial charge >= 0.3 is 0 Å². The maximum atomic E-state index is 3.79. The number of nitrogens with zero attached hydrogens (tertiary/aromatic N) is 1.